The molecule has 1 aromatic carbocycles. The summed E-state index contributed by atoms with van der Waals surface area (Å²) < 4.78 is 27.0. The van der Waals surface area contributed by atoms with Gasteiger partial charge in [-0.3, -0.25) is 4.79 Å². The van der Waals surface area contributed by atoms with Gasteiger partial charge in [0.05, 0.1) is 11.3 Å². The lowest BCUT2D eigenvalue weighted by molar-refractivity contribution is 0.0924. The van der Waals surface area contributed by atoms with Crippen LogP contribution < -0.4 is 11.1 Å². The molecule has 0 aromatic heterocycles. The molecule has 6 heteroatoms. The van der Waals surface area contributed by atoms with Gasteiger partial charge in [-0.2, -0.15) is 11.8 Å². The second-order valence-corrected chi connectivity index (χ2v) is 6.19. The summed E-state index contributed by atoms with van der Waals surface area (Å²) in [5.41, 5.74) is 4.67. The van der Waals surface area contributed by atoms with Gasteiger partial charge in [-0.1, -0.05) is 6.42 Å². The van der Waals surface area contributed by atoms with Crippen molar-refractivity contribution in [3.05, 3.63) is 29.3 Å². The van der Waals surface area contributed by atoms with Crippen LogP contribution in [-0.4, -0.2) is 23.5 Å². The molecule has 0 bridgehead atoms. The van der Waals surface area contributed by atoms with Crippen LogP contribution in [0, 0.1) is 11.6 Å². The van der Waals surface area contributed by atoms with Crippen LogP contribution in [-0.2, 0) is 0 Å². The molecule has 0 saturated heterocycles. The summed E-state index contributed by atoms with van der Waals surface area (Å²) in [6, 6.07) is 1.77. The highest BCUT2D eigenvalue weighted by atomic mass is 32.2. The first-order valence-corrected chi connectivity index (χ1v) is 7.88. The number of rotatable bonds is 3. The van der Waals surface area contributed by atoms with E-state index in [2.05, 4.69) is 5.32 Å². The maximum Gasteiger partial charge on any atom is 0.254 e. The standard InChI is InChI=1S/C14H18F2N2OS/c1-20-10-4-2-3-9(7-10)18-14(19)11-5-8(15)6-12(17)13(11)16/h5-6,9-10H,2-4,7,17H2,1H3,(H,18,19). The molecule has 110 valence electrons. The molecule has 0 spiro atoms. The van der Waals surface area contributed by atoms with Gasteiger partial charge < -0.3 is 11.1 Å². The number of carbonyl (C=O) groups is 1. The van der Waals surface area contributed by atoms with E-state index in [1.165, 1.54) is 0 Å². The largest absolute Gasteiger partial charge is 0.396 e. The van der Waals surface area contributed by atoms with Crippen LogP contribution in [0.1, 0.15) is 36.0 Å². The molecule has 1 fully saturated rings. The molecular weight excluding hydrogens is 282 g/mol. The zero-order valence-electron chi connectivity index (χ0n) is 11.3. The Hall–Kier alpha value is -1.30. The predicted octanol–water partition coefficient (Wildman–Crippen LogP) is 2.95. The van der Waals surface area contributed by atoms with Gasteiger partial charge in [-0.25, -0.2) is 8.78 Å². The molecule has 0 radical (unpaired) electrons. The third-order valence-corrected chi connectivity index (χ3v) is 4.70. The van der Waals surface area contributed by atoms with E-state index in [1.807, 2.05) is 6.26 Å². The maximum absolute atomic E-state index is 13.8. The van der Waals surface area contributed by atoms with Crippen LogP contribution in [0.5, 0.6) is 0 Å². The Balaban J connectivity index is 2.08. The summed E-state index contributed by atoms with van der Waals surface area (Å²) in [7, 11) is 0. The van der Waals surface area contributed by atoms with Crippen molar-refractivity contribution in [2.45, 2.75) is 37.0 Å². The number of benzene rings is 1. The van der Waals surface area contributed by atoms with E-state index in [4.69, 9.17) is 5.73 Å². The minimum atomic E-state index is -0.860. The molecule has 3 nitrogen and oxygen atoms in total. The van der Waals surface area contributed by atoms with Gasteiger partial charge in [-0.05, 0) is 37.7 Å². The van der Waals surface area contributed by atoms with Crippen LogP contribution in [0.25, 0.3) is 0 Å². The van der Waals surface area contributed by atoms with E-state index in [0.717, 1.165) is 37.8 Å². The Morgan fingerprint density at radius 1 is 1.40 bits per heavy atom. The quantitative estimate of drug-likeness (QED) is 0.844. The zero-order valence-corrected chi connectivity index (χ0v) is 12.1. The van der Waals surface area contributed by atoms with Crippen molar-refractivity contribution in [3.63, 3.8) is 0 Å². The second kappa shape index (κ2) is 6.43. The smallest absolute Gasteiger partial charge is 0.254 e. The molecule has 2 unspecified atom stereocenters. The van der Waals surface area contributed by atoms with Gasteiger partial charge in [0.2, 0.25) is 0 Å². The third kappa shape index (κ3) is 3.42. The van der Waals surface area contributed by atoms with Crippen molar-refractivity contribution in [1.82, 2.24) is 5.32 Å². The van der Waals surface area contributed by atoms with Gasteiger partial charge in [0.15, 0.2) is 5.82 Å². The normalized spacial score (nSPS) is 22.6. The van der Waals surface area contributed by atoms with Gasteiger partial charge in [-0.15, -0.1) is 0 Å². The van der Waals surface area contributed by atoms with Crippen molar-refractivity contribution >= 4 is 23.4 Å². The number of amides is 1. The molecule has 20 heavy (non-hydrogen) atoms. The molecule has 0 aliphatic heterocycles. The van der Waals surface area contributed by atoms with E-state index in [1.54, 1.807) is 11.8 Å². The van der Waals surface area contributed by atoms with E-state index in [-0.39, 0.29) is 17.3 Å². The van der Waals surface area contributed by atoms with Crippen LogP contribution in [0.2, 0.25) is 0 Å². The maximum atomic E-state index is 13.8. The first-order chi connectivity index (χ1) is 9.51. The van der Waals surface area contributed by atoms with Crippen LogP contribution >= 0.6 is 11.8 Å². The van der Waals surface area contributed by atoms with E-state index < -0.39 is 17.5 Å². The number of halogens is 2. The highest BCUT2D eigenvalue weighted by Gasteiger charge is 2.24. The van der Waals surface area contributed by atoms with Crippen molar-refractivity contribution in [2.75, 3.05) is 12.0 Å². The van der Waals surface area contributed by atoms with Crippen molar-refractivity contribution in [3.8, 4) is 0 Å². The van der Waals surface area contributed by atoms with E-state index in [0.29, 0.717) is 5.25 Å². The lowest BCUT2D eigenvalue weighted by Crippen LogP contribution is -2.39. The third-order valence-electron chi connectivity index (χ3n) is 3.60. The van der Waals surface area contributed by atoms with Crippen LogP contribution in [0.4, 0.5) is 14.5 Å². The van der Waals surface area contributed by atoms with Crippen molar-refractivity contribution in [2.24, 2.45) is 0 Å². The lowest BCUT2D eigenvalue weighted by Gasteiger charge is -2.28. The molecule has 0 heterocycles. The Bertz CT molecular complexity index is 510. The number of nitrogens with two attached hydrogens (primary N) is 1. The average molecular weight is 300 g/mol. The number of nitrogen functional groups attached to an aromatic ring is 1. The summed E-state index contributed by atoms with van der Waals surface area (Å²) in [6.45, 7) is 0. The number of nitrogens with one attached hydrogen (secondary N) is 1. The predicted molar refractivity (Wildman–Crippen MR) is 77.8 cm³/mol. The number of thioether (sulfide) groups is 1. The SMILES string of the molecule is CSC1CCCC(NC(=O)c2cc(F)cc(N)c2F)C1. The molecule has 2 atom stereocenters. The molecule has 1 aromatic rings. The number of anilines is 1. The fraction of sp³-hybridized carbons (Fsp3) is 0.500. The monoisotopic (exact) mass is 300 g/mol. The van der Waals surface area contributed by atoms with Gasteiger partial charge in [0.1, 0.15) is 5.82 Å². The summed E-state index contributed by atoms with van der Waals surface area (Å²) in [4.78, 5) is 12.1. The van der Waals surface area contributed by atoms with Crippen LogP contribution in [0.3, 0.4) is 0 Å². The first kappa shape index (κ1) is 15.1. The molecular formula is C14H18F2N2OS. The topological polar surface area (TPSA) is 55.1 Å². The van der Waals surface area contributed by atoms with E-state index >= 15 is 0 Å². The van der Waals surface area contributed by atoms with Gasteiger partial charge in [0.25, 0.3) is 5.91 Å². The number of hydrogen-bond acceptors (Lipinski definition) is 3. The highest BCUT2D eigenvalue weighted by molar-refractivity contribution is 7.99. The second-order valence-electron chi connectivity index (χ2n) is 5.05. The minimum Gasteiger partial charge on any atom is -0.396 e. The van der Waals surface area contributed by atoms with Crippen LogP contribution in [0.15, 0.2) is 12.1 Å². The Kier molecular flexibility index (Phi) is 4.86. The van der Waals surface area contributed by atoms with E-state index in [9.17, 15) is 13.6 Å². The summed E-state index contributed by atoms with van der Waals surface area (Å²) in [5, 5.41) is 3.29. The van der Waals surface area contributed by atoms with Crippen molar-refractivity contribution < 1.29 is 13.6 Å². The lowest BCUT2D eigenvalue weighted by atomic mass is 9.94. The van der Waals surface area contributed by atoms with Gasteiger partial charge >= 0.3 is 0 Å². The molecule has 3 N–H and O–H groups in total. The Morgan fingerprint density at radius 3 is 2.85 bits per heavy atom. The Labute approximate surface area is 121 Å². The minimum absolute atomic E-state index is 0.0117. The van der Waals surface area contributed by atoms with Gasteiger partial charge in [0, 0.05) is 11.3 Å². The summed E-state index contributed by atoms with van der Waals surface area (Å²) in [6.07, 6.45) is 5.94. The fourth-order valence-electron chi connectivity index (χ4n) is 2.53. The summed E-state index contributed by atoms with van der Waals surface area (Å²) >= 11 is 1.78. The molecule has 1 amide bonds. The van der Waals surface area contributed by atoms with Crippen molar-refractivity contribution in [1.29, 1.82) is 0 Å². The highest BCUT2D eigenvalue weighted by Crippen LogP contribution is 2.27. The number of hydrogen-bond donors (Lipinski definition) is 2. The molecule has 1 saturated carbocycles. The molecule has 1 aliphatic rings. The Morgan fingerprint density at radius 2 is 2.15 bits per heavy atom. The fourth-order valence-corrected chi connectivity index (χ4v) is 3.36. The molecule has 1 aliphatic carbocycles. The first-order valence-electron chi connectivity index (χ1n) is 6.59. The average Bonchev–Trinajstić information content (AvgIpc) is 2.43. The zero-order chi connectivity index (χ0) is 14.7. The summed E-state index contributed by atoms with van der Waals surface area (Å²) in [5.74, 6) is -2.17. The molecule has 2 rings (SSSR count). The number of carbonyl (C=O) groups excluding carboxylic acids is 1.